The lowest BCUT2D eigenvalue weighted by molar-refractivity contribution is 0.421. The summed E-state index contributed by atoms with van der Waals surface area (Å²) < 4.78 is 0. The molecule has 2 rings (SSSR count). The highest BCUT2D eigenvalue weighted by Gasteiger charge is 2.27. The van der Waals surface area contributed by atoms with Crippen molar-refractivity contribution in [3.05, 3.63) is 57.6 Å². The molecule has 0 saturated heterocycles. The van der Waals surface area contributed by atoms with Crippen LogP contribution in [0, 0.1) is 0 Å². The molecule has 0 radical (unpaired) electrons. The first-order valence-electron chi connectivity index (χ1n) is 15.6. The summed E-state index contributed by atoms with van der Waals surface area (Å²) in [6.07, 6.45) is 2.14. The molecule has 0 heterocycles. The Balaban J connectivity index is 1.74. The van der Waals surface area contributed by atoms with Gasteiger partial charge < -0.3 is 26.2 Å². The number of hydrogen-bond acceptors (Lipinski definition) is 5. The first-order valence-corrected chi connectivity index (χ1v) is 15.6. The molecule has 0 aliphatic heterocycles. The van der Waals surface area contributed by atoms with Gasteiger partial charge in [-0.3, -0.25) is 0 Å². The van der Waals surface area contributed by atoms with Gasteiger partial charge in [-0.2, -0.15) is 0 Å². The van der Waals surface area contributed by atoms with Crippen molar-refractivity contribution in [2.45, 2.75) is 131 Å². The lowest BCUT2D eigenvalue weighted by Gasteiger charge is -2.28. The van der Waals surface area contributed by atoms with Crippen molar-refractivity contribution in [2.75, 3.05) is 26.2 Å². The van der Waals surface area contributed by atoms with Crippen LogP contribution >= 0.6 is 0 Å². The summed E-state index contributed by atoms with van der Waals surface area (Å²) in [4.78, 5) is 0. The van der Waals surface area contributed by atoms with Gasteiger partial charge in [-0.1, -0.05) is 107 Å². The number of rotatable bonds is 12. The highest BCUT2D eigenvalue weighted by atomic mass is 16.3. The Morgan fingerprint density at radius 3 is 0.927 bits per heavy atom. The molecule has 0 aliphatic carbocycles. The van der Waals surface area contributed by atoms with Gasteiger partial charge in [0.2, 0.25) is 0 Å². The van der Waals surface area contributed by atoms with E-state index in [-0.39, 0.29) is 21.7 Å². The Morgan fingerprint density at radius 1 is 0.439 bits per heavy atom. The highest BCUT2D eigenvalue weighted by Crippen LogP contribution is 2.41. The molecule has 0 amide bonds. The van der Waals surface area contributed by atoms with Crippen LogP contribution in [0.1, 0.15) is 129 Å². The second-order valence-corrected chi connectivity index (χ2v) is 15.9. The minimum absolute atomic E-state index is 0.104. The number of nitrogens with one attached hydrogen (secondary N) is 3. The lowest BCUT2D eigenvalue weighted by Crippen LogP contribution is -2.25. The number of phenolic OH excluding ortho intramolecular Hbond substituents is 2. The third kappa shape index (κ3) is 10.6. The zero-order valence-corrected chi connectivity index (χ0v) is 28.4. The number of benzene rings is 2. The van der Waals surface area contributed by atoms with Gasteiger partial charge >= 0.3 is 0 Å². The average Bonchev–Trinajstić information content (AvgIpc) is 2.81. The van der Waals surface area contributed by atoms with E-state index < -0.39 is 0 Å². The Hall–Kier alpha value is -2.08. The van der Waals surface area contributed by atoms with E-state index in [4.69, 9.17) is 0 Å². The number of phenols is 2. The number of hydrogen-bond donors (Lipinski definition) is 5. The zero-order chi connectivity index (χ0) is 31.2. The standard InChI is InChI=1S/C36H61N3O2/c1-33(2,3)27-19-25(20-28(31(27)40)34(4,5)6)23-38-17-13-15-37-16-14-18-39-24-26-21-29(35(7,8)9)32(41)30(22-26)36(10,11)12/h19-22,37-41H,13-18,23-24H2,1-12H3. The van der Waals surface area contributed by atoms with Crippen molar-refractivity contribution in [2.24, 2.45) is 0 Å². The minimum atomic E-state index is -0.104. The molecule has 2 aromatic carbocycles. The fourth-order valence-corrected chi connectivity index (χ4v) is 5.15. The molecule has 5 heteroatoms. The van der Waals surface area contributed by atoms with Crippen molar-refractivity contribution in [1.29, 1.82) is 0 Å². The Morgan fingerprint density at radius 2 is 0.683 bits per heavy atom. The molecule has 0 aliphatic rings. The van der Waals surface area contributed by atoms with E-state index in [0.29, 0.717) is 11.5 Å². The van der Waals surface area contributed by atoms with E-state index in [0.717, 1.165) is 74.4 Å². The molecule has 0 atom stereocenters. The van der Waals surface area contributed by atoms with Crippen molar-refractivity contribution >= 4 is 0 Å². The summed E-state index contributed by atoms with van der Waals surface area (Å²) in [5.74, 6) is 0.889. The van der Waals surface area contributed by atoms with E-state index in [1.807, 2.05) is 0 Å². The second kappa shape index (κ2) is 13.9. The van der Waals surface area contributed by atoms with Gasteiger partial charge in [0.15, 0.2) is 0 Å². The van der Waals surface area contributed by atoms with Gasteiger partial charge in [0.05, 0.1) is 0 Å². The van der Waals surface area contributed by atoms with Crippen LogP contribution in [0.15, 0.2) is 24.3 Å². The highest BCUT2D eigenvalue weighted by molar-refractivity contribution is 5.51. The average molecular weight is 568 g/mol. The van der Waals surface area contributed by atoms with E-state index in [1.165, 1.54) is 11.1 Å². The molecule has 41 heavy (non-hydrogen) atoms. The Bertz CT molecular complexity index is 966. The van der Waals surface area contributed by atoms with Crippen molar-refractivity contribution in [1.82, 2.24) is 16.0 Å². The topological polar surface area (TPSA) is 76.5 Å². The third-order valence-electron chi connectivity index (χ3n) is 7.64. The van der Waals surface area contributed by atoms with E-state index in [2.05, 4.69) is 123 Å². The van der Waals surface area contributed by atoms with Gasteiger partial charge in [-0.25, -0.2) is 0 Å². The molecule has 5 N–H and O–H groups in total. The summed E-state index contributed by atoms with van der Waals surface area (Å²) in [6, 6.07) is 8.65. The molecule has 0 fully saturated rings. The van der Waals surface area contributed by atoms with Gasteiger partial charge in [0, 0.05) is 13.1 Å². The predicted octanol–water partition coefficient (Wildman–Crippen LogP) is 7.54. The lowest BCUT2D eigenvalue weighted by atomic mass is 9.78. The van der Waals surface area contributed by atoms with Crippen LogP contribution in [0.4, 0.5) is 0 Å². The first kappa shape index (κ1) is 35.1. The Kier molecular flexibility index (Phi) is 11.9. The van der Waals surface area contributed by atoms with Crippen LogP contribution in [0.2, 0.25) is 0 Å². The maximum atomic E-state index is 10.9. The summed E-state index contributed by atoms with van der Waals surface area (Å²) in [5, 5.41) is 32.6. The normalized spacial score (nSPS) is 13.2. The summed E-state index contributed by atoms with van der Waals surface area (Å²) in [5.41, 5.74) is 6.13. The van der Waals surface area contributed by atoms with Crippen LogP contribution in [0.3, 0.4) is 0 Å². The van der Waals surface area contributed by atoms with E-state index >= 15 is 0 Å². The molecular formula is C36H61N3O2. The fourth-order valence-electron chi connectivity index (χ4n) is 5.15. The molecule has 0 spiro atoms. The van der Waals surface area contributed by atoms with Crippen molar-refractivity contribution in [3.63, 3.8) is 0 Å². The first-order chi connectivity index (χ1) is 18.7. The maximum Gasteiger partial charge on any atom is 0.123 e. The smallest absolute Gasteiger partial charge is 0.123 e. The summed E-state index contributed by atoms with van der Waals surface area (Å²) >= 11 is 0. The minimum Gasteiger partial charge on any atom is -0.507 e. The van der Waals surface area contributed by atoms with Crippen molar-refractivity contribution < 1.29 is 10.2 Å². The van der Waals surface area contributed by atoms with Gasteiger partial charge in [0.25, 0.3) is 0 Å². The molecule has 2 aromatic rings. The van der Waals surface area contributed by atoms with Gasteiger partial charge in [-0.15, -0.1) is 0 Å². The molecular weight excluding hydrogens is 506 g/mol. The fraction of sp³-hybridized carbons (Fsp3) is 0.667. The summed E-state index contributed by atoms with van der Waals surface area (Å²) in [7, 11) is 0. The quantitative estimate of drug-likeness (QED) is 0.171. The van der Waals surface area contributed by atoms with E-state index in [9.17, 15) is 10.2 Å². The van der Waals surface area contributed by atoms with Crippen molar-refractivity contribution in [3.8, 4) is 11.5 Å². The van der Waals surface area contributed by atoms with Crippen LogP contribution in [0.5, 0.6) is 11.5 Å². The predicted molar refractivity (Wildman–Crippen MR) is 177 cm³/mol. The summed E-state index contributed by atoms with van der Waals surface area (Å²) in [6.45, 7) is 31.4. The molecule has 0 saturated carbocycles. The third-order valence-corrected chi connectivity index (χ3v) is 7.64. The van der Waals surface area contributed by atoms with Crippen LogP contribution < -0.4 is 16.0 Å². The van der Waals surface area contributed by atoms with Gasteiger partial charge in [-0.05, 0) is 94.1 Å². The monoisotopic (exact) mass is 567 g/mol. The van der Waals surface area contributed by atoms with Crippen LogP contribution in [0.25, 0.3) is 0 Å². The second-order valence-electron chi connectivity index (χ2n) is 15.9. The molecule has 0 aromatic heterocycles. The van der Waals surface area contributed by atoms with Crippen LogP contribution in [-0.4, -0.2) is 36.4 Å². The molecule has 5 nitrogen and oxygen atoms in total. The Labute approximate surface area is 251 Å². The zero-order valence-electron chi connectivity index (χ0n) is 28.4. The SMILES string of the molecule is CC(C)(C)c1cc(CNCCCNCCCNCc2cc(C(C)(C)C)c(O)c(C(C)(C)C)c2)cc(C(C)(C)C)c1O. The molecule has 232 valence electrons. The van der Waals surface area contributed by atoms with Crippen LogP contribution in [-0.2, 0) is 34.7 Å². The molecule has 0 unspecified atom stereocenters. The maximum absolute atomic E-state index is 10.9. The largest absolute Gasteiger partial charge is 0.507 e. The molecule has 0 bridgehead atoms. The van der Waals surface area contributed by atoms with Gasteiger partial charge in [0.1, 0.15) is 11.5 Å². The van der Waals surface area contributed by atoms with E-state index in [1.54, 1.807) is 0 Å². The number of aromatic hydroxyl groups is 2.